The van der Waals surface area contributed by atoms with Gasteiger partial charge in [0.25, 0.3) is 5.91 Å². The van der Waals surface area contributed by atoms with E-state index in [0.29, 0.717) is 22.2 Å². The number of amides is 1. The van der Waals surface area contributed by atoms with Gasteiger partial charge < -0.3 is 10.4 Å². The minimum Gasteiger partial charge on any atom is -0.481 e. The molecular weight excluding hydrogens is 429 g/mol. The van der Waals surface area contributed by atoms with E-state index >= 15 is 0 Å². The maximum absolute atomic E-state index is 12.4. The molecule has 0 saturated heterocycles. The molecule has 3 N–H and O–H groups in total. The van der Waals surface area contributed by atoms with Crippen molar-refractivity contribution < 1.29 is 44.3 Å². The van der Waals surface area contributed by atoms with E-state index in [1.807, 2.05) is 12.1 Å². The van der Waals surface area contributed by atoms with Crippen molar-refractivity contribution in [1.29, 1.82) is 0 Å². The SMILES string of the molecule is CCCCc1ccccc1NCc1ccc(C(=O)Nc2nc(CC(=O)O)cs2)s1.[Na+]. The second-order valence-electron chi connectivity index (χ2n) is 6.55. The number of thiophene rings is 1. The van der Waals surface area contributed by atoms with Crippen LogP contribution in [0.4, 0.5) is 10.8 Å². The largest absolute Gasteiger partial charge is 1.00 e. The zero-order valence-corrected chi connectivity index (χ0v) is 20.7. The molecule has 0 radical (unpaired) electrons. The molecule has 2 heterocycles. The van der Waals surface area contributed by atoms with Crippen molar-refractivity contribution in [1.82, 2.24) is 4.98 Å². The zero-order chi connectivity index (χ0) is 20.6. The number of aromatic nitrogens is 1. The summed E-state index contributed by atoms with van der Waals surface area (Å²) >= 11 is 2.65. The van der Waals surface area contributed by atoms with Crippen molar-refractivity contribution in [2.24, 2.45) is 0 Å². The number of aryl methyl sites for hydroxylation is 1. The summed E-state index contributed by atoms with van der Waals surface area (Å²) in [7, 11) is 0. The molecule has 1 amide bonds. The Morgan fingerprint density at radius 1 is 1.17 bits per heavy atom. The third-order valence-electron chi connectivity index (χ3n) is 4.26. The number of hydrogen-bond acceptors (Lipinski definition) is 6. The Hall–Kier alpha value is -1.71. The first-order chi connectivity index (χ1) is 14.0. The number of para-hydroxylation sites is 1. The summed E-state index contributed by atoms with van der Waals surface area (Å²) in [6.07, 6.45) is 3.22. The molecular formula is C21H23N3NaO3S2+. The molecule has 0 aliphatic carbocycles. The van der Waals surface area contributed by atoms with E-state index in [0.717, 1.165) is 29.8 Å². The molecule has 0 spiro atoms. The number of carbonyl (C=O) groups excluding carboxylic acids is 1. The fraction of sp³-hybridized carbons (Fsp3) is 0.286. The van der Waals surface area contributed by atoms with Crippen LogP contribution in [-0.2, 0) is 24.2 Å². The zero-order valence-electron chi connectivity index (χ0n) is 17.1. The van der Waals surface area contributed by atoms with E-state index < -0.39 is 5.97 Å². The number of benzene rings is 1. The molecule has 3 rings (SSSR count). The molecule has 152 valence electrons. The Morgan fingerprint density at radius 2 is 1.97 bits per heavy atom. The van der Waals surface area contributed by atoms with Crippen LogP contribution in [0, 0.1) is 0 Å². The van der Waals surface area contributed by atoms with Gasteiger partial charge in [-0.1, -0.05) is 31.5 Å². The number of nitrogens with one attached hydrogen (secondary N) is 2. The van der Waals surface area contributed by atoms with Crippen LogP contribution in [-0.4, -0.2) is 22.0 Å². The number of rotatable bonds is 10. The number of aliphatic carboxylic acids is 1. The maximum Gasteiger partial charge on any atom is 1.00 e. The van der Waals surface area contributed by atoms with Crippen LogP contribution in [0.15, 0.2) is 41.8 Å². The molecule has 2 aromatic heterocycles. The van der Waals surface area contributed by atoms with Gasteiger partial charge >= 0.3 is 35.5 Å². The fourth-order valence-electron chi connectivity index (χ4n) is 2.81. The summed E-state index contributed by atoms with van der Waals surface area (Å²) in [5.74, 6) is -1.18. The van der Waals surface area contributed by atoms with Gasteiger partial charge in [0.15, 0.2) is 5.13 Å². The van der Waals surface area contributed by atoms with E-state index in [9.17, 15) is 9.59 Å². The van der Waals surface area contributed by atoms with Gasteiger partial charge in [0, 0.05) is 22.5 Å². The molecule has 0 aliphatic heterocycles. The molecule has 0 aliphatic rings. The van der Waals surface area contributed by atoms with Crippen LogP contribution in [0.1, 0.15) is 45.6 Å². The maximum atomic E-state index is 12.4. The second kappa shape index (κ2) is 12.2. The Morgan fingerprint density at radius 3 is 2.73 bits per heavy atom. The fourth-order valence-corrected chi connectivity index (χ4v) is 4.36. The van der Waals surface area contributed by atoms with Gasteiger partial charge in [-0.05, 0) is 36.6 Å². The Balaban J connectivity index is 0.00000320. The van der Waals surface area contributed by atoms with E-state index in [1.54, 1.807) is 11.4 Å². The number of carbonyl (C=O) groups is 2. The van der Waals surface area contributed by atoms with E-state index in [2.05, 4.69) is 40.7 Å². The van der Waals surface area contributed by atoms with E-state index in [1.165, 1.54) is 28.2 Å². The first-order valence-corrected chi connectivity index (χ1v) is 11.1. The average Bonchev–Trinajstić information content (AvgIpc) is 3.34. The molecule has 0 bridgehead atoms. The van der Waals surface area contributed by atoms with E-state index in [4.69, 9.17) is 5.11 Å². The summed E-state index contributed by atoms with van der Waals surface area (Å²) < 4.78 is 0. The minimum absolute atomic E-state index is 0. The smallest absolute Gasteiger partial charge is 0.481 e. The summed E-state index contributed by atoms with van der Waals surface area (Å²) in [6, 6.07) is 12.1. The Kier molecular flexibility index (Phi) is 10.0. The van der Waals surface area contributed by atoms with Gasteiger partial charge in [-0.2, -0.15) is 0 Å². The Labute approximate surface area is 206 Å². The molecule has 1 aromatic carbocycles. The van der Waals surface area contributed by atoms with Gasteiger partial charge in [0.2, 0.25) is 0 Å². The number of unbranched alkanes of at least 4 members (excludes halogenated alkanes) is 1. The van der Waals surface area contributed by atoms with Crippen LogP contribution in [0.2, 0.25) is 0 Å². The number of anilines is 2. The van der Waals surface area contributed by atoms with Gasteiger partial charge in [-0.3, -0.25) is 14.9 Å². The van der Waals surface area contributed by atoms with E-state index in [-0.39, 0.29) is 41.9 Å². The molecule has 0 saturated carbocycles. The number of thiazole rings is 1. The summed E-state index contributed by atoms with van der Waals surface area (Å²) in [6.45, 7) is 2.84. The number of nitrogens with zero attached hydrogens (tertiary/aromatic N) is 1. The van der Waals surface area contributed by atoms with Gasteiger partial charge in [0.05, 0.1) is 17.0 Å². The summed E-state index contributed by atoms with van der Waals surface area (Å²) in [4.78, 5) is 29.0. The predicted molar refractivity (Wildman–Crippen MR) is 118 cm³/mol. The molecule has 30 heavy (non-hydrogen) atoms. The predicted octanol–water partition coefficient (Wildman–Crippen LogP) is 2.04. The monoisotopic (exact) mass is 452 g/mol. The Bertz CT molecular complexity index is 987. The summed E-state index contributed by atoms with van der Waals surface area (Å²) in [5, 5.41) is 17.1. The van der Waals surface area contributed by atoms with Crippen molar-refractivity contribution in [3.63, 3.8) is 0 Å². The normalized spacial score (nSPS) is 10.3. The van der Waals surface area contributed by atoms with Crippen molar-refractivity contribution in [3.8, 4) is 0 Å². The quantitative estimate of drug-likeness (QED) is 0.410. The number of carboxylic acid groups (broad SMARTS) is 1. The topological polar surface area (TPSA) is 91.3 Å². The van der Waals surface area contributed by atoms with Crippen LogP contribution >= 0.6 is 22.7 Å². The molecule has 3 aromatic rings. The van der Waals surface area contributed by atoms with Gasteiger partial charge in [-0.15, -0.1) is 22.7 Å². The molecule has 0 atom stereocenters. The molecule has 0 unspecified atom stereocenters. The standard InChI is InChI=1S/C21H23N3O3S2.Na/c1-2-3-6-14-7-4-5-8-17(14)22-12-16-9-10-18(29-16)20(27)24-21-23-15(13-28-21)11-19(25)26;/h4-5,7-10,13,22H,2-3,6,11-12H2,1H3,(H,25,26)(H,23,24,27);/q;+1. The minimum atomic E-state index is -0.945. The van der Waals surface area contributed by atoms with Crippen LogP contribution in [0.25, 0.3) is 0 Å². The third-order valence-corrected chi connectivity index (χ3v) is 6.15. The first-order valence-electron chi connectivity index (χ1n) is 9.43. The van der Waals surface area contributed by atoms with Crippen molar-refractivity contribution >= 4 is 45.4 Å². The molecule has 6 nitrogen and oxygen atoms in total. The first kappa shape index (κ1) is 24.6. The molecule has 9 heteroatoms. The third kappa shape index (κ3) is 7.21. The van der Waals surface area contributed by atoms with Gasteiger partial charge in [-0.25, -0.2) is 4.98 Å². The second-order valence-corrected chi connectivity index (χ2v) is 8.58. The van der Waals surface area contributed by atoms with Crippen molar-refractivity contribution in [2.75, 3.05) is 10.6 Å². The van der Waals surface area contributed by atoms with Gasteiger partial charge in [0.1, 0.15) is 0 Å². The number of carboxylic acids is 1. The average molecular weight is 453 g/mol. The molecule has 0 fully saturated rings. The van der Waals surface area contributed by atoms with Crippen molar-refractivity contribution in [2.45, 2.75) is 39.2 Å². The van der Waals surface area contributed by atoms with Crippen molar-refractivity contribution in [3.05, 3.63) is 62.8 Å². The summed E-state index contributed by atoms with van der Waals surface area (Å²) in [5.41, 5.74) is 2.88. The van der Waals surface area contributed by atoms with Crippen LogP contribution in [0.5, 0.6) is 0 Å². The number of hydrogen-bond donors (Lipinski definition) is 3. The van der Waals surface area contributed by atoms with Crippen LogP contribution in [0.3, 0.4) is 0 Å². The van der Waals surface area contributed by atoms with Crippen LogP contribution < -0.4 is 40.2 Å².